The van der Waals surface area contributed by atoms with Crippen molar-refractivity contribution in [2.75, 3.05) is 26.4 Å². The summed E-state index contributed by atoms with van der Waals surface area (Å²) < 4.78 is 9.74. The summed E-state index contributed by atoms with van der Waals surface area (Å²) in [7, 11) is 0. The van der Waals surface area contributed by atoms with E-state index in [-0.39, 0.29) is 19.0 Å². The van der Waals surface area contributed by atoms with Crippen molar-refractivity contribution in [2.45, 2.75) is 6.42 Å². The first-order valence-corrected chi connectivity index (χ1v) is 3.85. The van der Waals surface area contributed by atoms with E-state index in [4.69, 9.17) is 15.2 Å². The molecular weight excluding hydrogens is 158 g/mol. The molecule has 4 nitrogen and oxygen atoms in total. The lowest BCUT2D eigenvalue weighted by Crippen LogP contribution is -2.14. The van der Waals surface area contributed by atoms with Gasteiger partial charge >= 0.3 is 5.97 Å². The standard InChI is InChI=1S/C8H15NO3/c1-2-5-11-6-7-12-8(10)3-4-9/h2H,1,3-7,9H2. The number of rotatable bonds is 7. The van der Waals surface area contributed by atoms with Gasteiger partial charge in [-0.05, 0) is 0 Å². The second-order valence-corrected chi connectivity index (χ2v) is 2.12. The van der Waals surface area contributed by atoms with E-state index in [2.05, 4.69) is 6.58 Å². The van der Waals surface area contributed by atoms with Crippen LogP contribution in [0.25, 0.3) is 0 Å². The van der Waals surface area contributed by atoms with Crippen molar-refractivity contribution in [3.05, 3.63) is 12.7 Å². The van der Waals surface area contributed by atoms with Crippen molar-refractivity contribution in [2.24, 2.45) is 5.73 Å². The molecule has 0 aliphatic rings. The molecule has 70 valence electrons. The number of hydrogen-bond donors (Lipinski definition) is 1. The number of carbonyl (C=O) groups excluding carboxylic acids is 1. The van der Waals surface area contributed by atoms with Crippen molar-refractivity contribution >= 4 is 5.97 Å². The van der Waals surface area contributed by atoms with Crippen LogP contribution in [-0.2, 0) is 14.3 Å². The predicted octanol–water partition coefficient (Wildman–Crippen LogP) is 0.0810. The number of hydrogen-bond acceptors (Lipinski definition) is 4. The number of esters is 1. The van der Waals surface area contributed by atoms with Gasteiger partial charge in [-0.25, -0.2) is 0 Å². The van der Waals surface area contributed by atoms with Crippen LogP contribution < -0.4 is 5.73 Å². The van der Waals surface area contributed by atoms with E-state index in [1.165, 1.54) is 0 Å². The van der Waals surface area contributed by atoms with Crippen molar-refractivity contribution in [1.29, 1.82) is 0 Å². The summed E-state index contributed by atoms with van der Waals surface area (Å²) in [6, 6.07) is 0. The zero-order valence-electron chi connectivity index (χ0n) is 7.12. The molecule has 0 aromatic rings. The Morgan fingerprint density at radius 2 is 2.25 bits per heavy atom. The van der Waals surface area contributed by atoms with E-state index >= 15 is 0 Å². The maximum Gasteiger partial charge on any atom is 0.307 e. The minimum Gasteiger partial charge on any atom is -0.463 e. The highest BCUT2D eigenvalue weighted by molar-refractivity contribution is 5.69. The maximum absolute atomic E-state index is 10.7. The lowest BCUT2D eigenvalue weighted by molar-refractivity contribution is -0.144. The summed E-state index contributed by atoms with van der Waals surface area (Å²) in [5, 5.41) is 0. The van der Waals surface area contributed by atoms with Gasteiger partial charge in [-0.1, -0.05) is 6.08 Å². The molecule has 2 N–H and O–H groups in total. The second kappa shape index (κ2) is 8.23. The topological polar surface area (TPSA) is 61.5 Å². The average Bonchev–Trinajstić information content (AvgIpc) is 2.05. The number of ether oxygens (including phenoxy) is 2. The van der Waals surface area contributed by atoms with Crippen molar-refractivity contribution < 1.29 is 14.3 Å². The highest BCUT2D eigenvalue weighted by Crippen LogP contribution is 1.84. The molecule has 0 fully saturated rings. The Bertz CT molecular complexity index is 136. The molecule has 12 heavy (non-hydrogen) atoms. The van der Waals surface area contributed by atoms with E-state index in [0.717, 1.165) is 0 Å². The third kappa shape index (κ3) is 7.24. The van der Waals surface area contributed by atoms with Gasteiger partial charge in [0.05, 0.1) is 19.6 Å². The monoisotopic (exact) mass is 173 g/mol. The van der Waals surface area contributed by atoms with Crippen LogP contribution in [0.1, 0.15) is 6.42 Å². The van der Waals surface area contributed by atoms with E-state index in [1.54, 1.807) is 6.08 Å². The Hall–Kier alpha value is -0.870. The molecule has 0 spiro atoms. The summed E-state index contributed by atoms with van der Waals surface area (Å²) >= 11 is 0. The maximum atomic E-state index is 10.7. The third-order valence-corrected chi connectivity index (χ3v) is 1.07. The Kier molecular flexibility index (Phi) is 7.63. The van der Waals surface area contributed by atoms with E-state index in [9.17, 15) is 4.79 Å². The summed E-state index contributed by atoms with van der Waals surface area (Å²) in [4.78, 5) is 10.7. The van der Waals surface area contributed by atoms with Crippen molar-refractivity contribution in [3.63, 3.8) is 0 Å². The minimum atomic E-state index is -0.278. The largest absolute Gasteiger partial charge is 0.463 e. The molecule has 4 heteroatoms. The Morgan fingerprint density at radius 1 is 1.50 bits per heavy atom. The smallest absolute Gasteiger partial charge is 0.307 e. The minimum absolute atomic E-state index is 0.265. The van der Waals surface area contributed by atoms with E-state index in [1.807, 2.05) is 0 Å². The summed E-state index contributed by atoms with van der Waals surface area (Å²) in [5.74, 6) is -0.278. The highest BCUT2D eigenvalue weighted by atomic mass is 16.6. The van der Waals surface area contributed by atoms with Gasteiger partial charge in [0.1, 0.15) is 6.61 Å². The van der Waals surface area contributed by atoms with E-state index in [0.29, 0.717) is 19.8 Å². The summed E-state index contributed by atoms with van der Waals surface area (Å²) in [6.45, 7) is 4.97. The van der Waals surface area contributed by atoms with Gasteiger partial charge in [0.25, 0.3) is 0 Å². The van der Waals surface area contributed by atoms with Gasteiger partial charge in [0, 0.05) is 6.54 Å². The van der Waals surface area contributed by atoms with Crippen LogP contribution in [0, 0.1) is 0 Å². The molecule has 0 aliphatic heterocycles. The molecule has 0 bridgehead atoms. The van der Waals surface area contributed by atoms with Crippen LogP contribution >= 0.6 is 0 Å². The highest BCUT2D eigenvalue weighted by Gasteiger charge is 1.98. The Morgan fingerprint density at radius 3 is 2.83 bits per heavy atom. The zero-order valence-corrected chi connectivity index (χ0v) is 7.12. The lowest BCUT2D eigenvalue weighted by atomic mass is 10.4. The molecule has 0 heterocycles. The molecule has 0 aliphatic carbocycles. The molecule has 0 unspecified atom stereocenters. The molecule has 0 amide bonds. The summed E-state index contributed by atoms with van der Waals surface area (Å²) in [5.41, 5.74) is 5.14. The molecular formula is C8H15NO3. The second-order valence-electron chi connectivity index (χ2n) is 2.12. The molecule has 0 radical (unpaired) electrons. The number of nitrogens with two attached hydrogens (primary N) is 1. The van der Waals surface area contributed by atoms with Gasteiger partial charge < -0.3 is 15.2 Å². The molecule has 0 rings (SSSR count). The van der Waals surface area contributed by atoms with Crippen LogP contribution in [0.3, 0.4) is 0 Å². The lowest BCUT2D eigenvalue weighted by Gasteiger charge is -2.03. The van der Waals surface area contributed by atoms with Crippen molar-refractivity contribution in [1.82, 2.24) is 0 Å². The van der Waals surface area contributed by atoms with Crippen LogP contribution in [-0.4, -0.2) is 32.3 Å². The van der Waals surface area contributed by atoms with Gasteiger partial charge in [0.2, 0.25) is 0 Å². The molecule has 0 atom stereocenters. The first kappa shape index (κ1) is 11.1. The first-order valence-electron chi connectivity index (χ1n) is 3.85. The SMILES string of the molecule is C=CCOCCOC(=O)CCN. The van der Waals surface area contributed by atoms with Gasteiger partial charge in [-0.15, -0.1) is 6.58 Å². The quantitative estimate of drug-likeness (QED) is 0.336. The Labute approximate surface area is 72.3 Å². The van der Waals surface area contributed by atoms with Gasteiger partial charge in [-0.2, -0.15) is 0 Å². The van der Waals surface area contributed by atoms with Crippen LogP contribution in [0.5, 0.6) is 0 Å². The Balaban J connectivity index is 3.08. The predicted molar refractivity (Wildman–Crippen MR) is 45.6 cm³/mol. The fraction of sp³-hybridized carbons (Fsp3) is 0.625. The average molecular weight is 173 g/mol. The van der Waals surface area contributed by atoms with Crippen LogP contribution in [0.2, 0.25) is 0 Å². The van der Waals surface area contributed by atoms with Crippen LogP contribution in [0.15, 0.2) is 12.7 Å². The third-order valence-electron chi connectivity index (χ3n) is 1.07. The fourth-order valence-corrected chi connectivity index (χ4v) is 0.571. The number of carbonyl (C=O) groups is 1. The molecule has 0 saturated carbocycles. The van der Waals surface area contributed by atoms with Gasteiger partial charge in [-0.3, -0.25) is 4.79 Å². The zero-order chi connectivity index (χ0) is 9.23. The van der Waals surface area contributed by atoms with Crippen molar-refractivity contribution in [3.8, 4) is 0 Å². The first-order chi connectivity index (χ1) is 5.81. The van der Waals surface area contributed by atoms with E-state index < -0.39 is 0 Å². The molecule has 0 aromatic carbocycles. The summed E-state index contributed by atoms with van der Waals surface area (Å²) in [6.07, 6.45) is 1.91. The fourth-order valence-electron chi connectivity index (χ4n) is 0.571. The van der Waals surface area contributed by atoms with Crippen LogP contribution in [0.4, 0.5) is 0 Å². The normalized spacial score (nSPS) is 9.42. The van der Waals surface area contributed by atoms with Gasteiger partial charge in [0.15, 0.2) is 0 Å². The molecule has 0 aromatic heterocycles. The molecule has 0 saturated heterocycles.